The van der Waals surface area contributed by atoms with Gasteiger partial charge in [-0.25, -0.2) is 0 Å². The highest BCUT2D eigenvalue weighted by atomic mass is 16.2. The number of amides is 1. The molecule has 0 radical (unpaired) electrons. The topological polar surface area (TPSA) is 50.2 Å². The number of aryl methyl sites for hydroxylation is 1. The molecule has 3 aliphatic rings. The summed E-state index contributed by atoms with van der Waals surface area (Å²) < 4.78 is 1.95. The van der Waals surface area contributed by atoms with Crippen molar-refractivity contribution in [2.24, 2.45) is 18.4 Å². The molecule has 31 heavy (non-hydrogen) atoms. The molecule has 1 spiro atoms. The molecule has 0 unspecified atom stereocenters. The second-order valence-corrected chi connectivity index (χ2v) is 10.3. The quantitative estimate of drug-likeness (QED) is 0.770. The van der Waals surface area contributed by atoms with Crippen LogP contribution in [-0.2, 0) is 23.8 Å². The maximum absolute atomic E-state index is 13.1. The zero-order valence-electron chi connectivity index (χ0n) is 19.1. The zero-order valence-corrected chi connectivity index (χ0v) is 19.1. The van der Waals surface area contributed by atoms with Crippen molar-refractivity contribution in [2.75, 3.05) is 19.6 Å². The number of nitrogens with one attached hydrogen (secondary N) is 1. The van der Waals surface area contributed by atoms with E-state index in [9.17, 15) is 4.79 Å². The molecule has 2 aliphatic carbocycles. The Morgan fingerprint density at radius 1 is 1.13 bits per heavy atom. The summed E-state index contributed by atoms with van der Waals surface area (Å²) in [7, 11) is 2.00. The molecule has 0 bridgehead atoms. The minimum Gasteiger partial charge on any atom is -0.355 e. The molecule has 1 atom stereocenters. The first kappa shape index (κ1) is 20.7. The number of likely N-dealkylation sites (tertiary alicyclic amines) is 1. The molecule has 2 saturated carbocycles. The molecule has 5 rings (SSSR count). The highest BCUT2D eigenvalue weighted by molar-refractivity contribution is 5.82. The summed E-state index contributed by atoms with van der Waals surface area (Å²) in [6, 6.07) is 10.8. The summed E-state index contributed by atoms with van der Waals surface area (Å²) in [5.41, 5.74) is 4.39. The zero-order chi connectivity index (χ0) is 21.5. The van der Waals surface area contributed by atoms with Gasteiger partial charge in [0.1, 0.15) is 0 Å². The Kier molecular flexibility index (Phi) is 5.41. The van der Waals surface area contributed by atoms with Crippen molar-refractivity contribution >= 4 is 5.91 Å². The monoisotopic (exact) mass is 420 g/mol. The fraction of sp³-hybridized carbons (Fsp3) is 0.615. The predicted octanol–water partition coefficient (Wildman–Crippen LogP) is 3.96. The molecule has 1 aliphatic heterocycles. The third kappa shape index (κ3) is 3.93. The van der Waals surface area contributed by atoms with Crippen molar-refractivity contribution in [1.29, 1.82) is 0 Å². The maximum atomic E-state index is 13.1. The van der Waals surface area contributed by atoms with E-state index >= 15 is 0 Å². The molecule has 1 amide bonds. The lowest BCUT2D eigenvalue weighted by Gasteiger charge is -2.33. The van der Waals surface area contributed by atoms with Gasteiger partial charge in [0.05, 0.1) is 6.20 Å². The lowest BCUT2D eigenvalue weighted by atomic mass is 9.78. The van der Waals surface area contributed by atoms with Gasteiger partial charge >= 0.3 is 0 Å². The lowest BCUT2D eigenvalue weighted by Crippen LogP contribution is -2.41. The molecular weight excluding hydrogens is 384 g/mol. The van der Waals surface area contributed by atoms with Crippen LogP contribution in [0.2, 0.25) is 0 Å². The van der Waals surface area contributed by atoms with E-state index in [1.807, 2.05) is 17.9 Å². The van der Waals surface area contributed by atoms with Gasteiger partial charge in [-0.2, -0.15) is 5.10 Å². The molecule has 1 N–H and O–H groups in total. The van der Waals surface area contributed by atoms with Crippen molar-refractivity contribution < 1.29 is 4.79 Å². The van der Waals surface area contributed by atoms with Crippen LogP contribution in [0.15, 0.2) is 36.5 Å². The molecule has 5 nitrogen and oxygen atoms in total. The van der Waals surface area contributed by atoms with Crippen LogP contribution in [0, 0.1) is 18.3 Å². The van der Waals surface area contributed by atoms with Gasteiger partial charge in [-0.05, 0) is 63.1 Å². The van der Waals surface area contributed by atoms with Crippen molar-refractivity contribution in [2.45, 2.75) is 63.8 Å². The molecule has 2 heterocycles. The van der Waals surface area contributed by atoms with Crippen molar-refractivity contribution in [3.63, 3.8) is 0 Å². The Hall–Kier alpha value is -2.14. The number of carbonyl (C=O) groups excluding carboxylic acids is 1. The van der Waals surface area contributed by atoms with E-state index in [1.165, 1.54) is 42.5 Å². The molecule has 1 aromatic carbocycles. The van der Waals surface area contributed by atoms with Gasteiger partial charge in [-0.3, -0.25) is 14.4 Å². The summed E-state index contributed by atoms with van der Waals surface area (Å²) in [5, 5.41) is 7.77. The van der Waals surface area contributed by atoms with Gasteiger partial charge in [0, 0.05) is 42.7 Å². The largest absolute Gasteiger partial charge is 0.355 e. The Labute approximate surface area is 186 Å². The first-order valence-corrected chi connectivity index (χ1v) is 12.0. The van der Waals surface area contributed by atoms with E-state index in [-0.39, 0.29) is 16.7 Å². The molecule has 5 heteroatoms. The van der Waals surface area contributed by atoms with E-state index in [4.69, 9.17) is 0 Å². The molecule has 3 fully saturated rings. The van der Waals surface area contributed by atoms with Gasteiger partial charge in [-0.15, -0.1) is 0 Å². The summed E-state index contributed by atoms with van der Waals surface area (Å²) in [6.45, 7) is 6.10. The van der Waals surface area contributed by atoms with Crippen molar-refractivity contribution in [3.05, 3.63) is 53.3 Å². The average molecular weight is 421 g/mol. The Morgan fingerprint density at radius 2 is 1.84 bits per heavy atom. The third-order valence-electron chi connectivity index (χ3n) is 8.64. The fourth-order valence-corrected chi connectivity index (χ4v) is 6.16. The standard InChI is InChI=1S/C26H36N4O/c1-20-21(17-28-29(20)2)18-30-14-12-25(13-15-30)16-23(25)24(31)27-19-26(10-6-7-11-26)22-8-4-3-5-9-22/h3-5,8-9,17,23H,6-7,10-16,18-19H2,1-2H3,(H,27,31)/t23-/m0/s1. The van der Waals surface area contributed by atoms with Crippen molar-refractivity contribution in [1.82, 2.24) is 20.0 Å². The molecular formula is C26H36N4O. The van der Waals surface area contributed by atoms with Crippen LogP contribution in [0.25, 0.3) is 0 Å². The first-order valence-electron chi connectivity index (χ1n) is 12.0. The number of hydrogen-bond donors (Lipinski definition) is 1. The van der Waals surface area contributed by atoms with Gasteiger partial charge in [0.2, 0.25) is 5.91 Å². The number of hydrogen-bond acceptors (Lipinski definition) is 3. The number of aromatic nitrogens is 2. The fourth-order valence-electron chi connectivity index (χ4n) is 6.16. The average Bonchev–Trinajstić information content (AvgIpc) is 3.12. The number of nitrogens with zero attached hydrogens (tertiary/aromatic N) is 3. The molecule has 1 aromatic heterocycles. The summed E-state index contributed by atoms with van der Waals surface area (Å²) in [5.74, 6) is 0.530. The van der Waals surface area contributed by atoms with Crippen LogP contribution in [0.3, 0.4) is 0 Å². The minimum atomic E-state index is 0.143. The third-order valence-corrected chi connectivity index (χ3v) is 8.64. The SMILES string of the molecule is Cc1c(CN2CCC3(CC2)C[C@H]3C(=O)NCC2(c3ccccc3)CCCC2)cnn1C. The normalized spacial score (nSPS) is 24.4. The van der Waals surface area contributed by atoms with E-state index < -0.39 is 0 Å². The Morgan fingerprint density at radius 3 is 2.48 bits per heavy atom. The highest BCUT2D eigenvalue weighted by Crippen LogP contribution is 2.59. The van der Waals surface area contributed by atoms with Crippen LogP contribution < -0.4 is 5.32 Å². The molecule has 166 valence electrons. The van der Waals surface area contributed by atoms with Crippen LogP contribution in [-0.4, -0.2) is 40.2 Å². The van der Waals surface area contributed by atoms with Crippen LogP contribution in [0.1, 0.15) is 61.8 Å². The minimum absolute atomic E-state index is 0.143. The second-order valence-electron chi connectivity index (χ2n) is 10.3. The van der Waals surface area contributed by atoms with Gasteiger partial charge in [0.25, 0.3) is 0 Å². The summed E-state index contributed by atoms with van der Waals surface area (Å²) in [4.78, 5) is 15.6. The number of carbonyl (C=O) groups is 1. The van der Waals surface area contributed by atoms with Gasteiger partial charge in [-0.1, -0.05) is 43.2 Å². The van der Waals surface area contributed by atoms with Crippen LogP contribution >= 0.6 is 0 Å². The smallest absolute Gasteiger partial charge is 0.223 e. The van der Waals surface area contributed by atoms with E-state index in [1.54, 1.807) is 0 Å². The van der Waals surface area contributed by atoms with E-state index in [2.05, 4.69) is 52.6 Å². The van der Waals surface area contributed by atoms with E-state index in [0.717, 1.165) is 45.4 Å². The number of rotatable bonds is 6. The van der Waals surface area contributed by atoms with E-state index in [0.29, 0.717) is 5.91 Å². The number of benzene rings is 1. The first-order chi connectivity index (χ1) is 15.0. The summed E-state index contributed by atoms with van der Waals surface area (Å²) in [6.07, 6.45) is 10.3. The molecule has 2 aromatic rings. The maximum Gasteiger partial charge on any atom is 0.223 e. The summed E-state index contributed by atoms with van der Waals surface area (Å²) >= 11 is 0. The molecule has 1 saturated heterocycles. The number of piperidine rings is 1. The van der Waals surface area contributed by atoms with Crippen molar-refractivity contribution in [3.8, 4) is 0 Å². The predicted molar refractivity (Wildman–Crippen MR) is 123 cm³/mol. The second kappa shape index (κ2) is 8.09. The van der Waals surface area contributed by atoms with Gasteiger partial charge in [0.15, 0.2) is 0 Å². The Bertz CT molecular complexity index is 920. The van der Waals surface area contributed by atoms with Crippen LogP contribution in [0.5, 0.6) is 0 Å². The lowest BCUT2D eigenvalue weighted by molar-refractivity contribution is -0.123. The van der Waals surface area contributed by atoms with Crippen LogP contribution in [0.4, 0.5) is 0 Å². The highest BCUT2D eigenvalue weighted by Gasteiger charge is 2.58. The van der Waals surface area contributed by atoms with Gasteiger partial charge < -0.3 is 5.32 Å². The Balaban J connectivity index is 1.14.